The number of ether oxygens (including phenoxy) is 1. The predicted molar refractivity (Wildman–Crippen MR) is 143 cm³/mol. The van der Waals surface area contributed by atoms with Crippen molar-refractivity contribution in [2.75, 3.05) is 18.6 Å². The second kappa shape index (κ2) is 9.99. The van der Waals surface area contributed by atoms with E-state index in [-0.39, 0.29) is 5.54 Å². The van der Waals surface area contributed by atoms with Crippen LogP contribution in [0.25, 0.3) is 6.08 Å². The van der Waals surface area contributed by atoms with Gasteiger partial charge in [-0.3, -0.25) is 0 Å². The molecule has 35 heavy (non-hydrogen) atoms. The van der Waals surface area contributed by atoms with Crippen molar-refractivity contribution in [1.29, 1.82) is 0 Å². The highest BCUT2D eigenvalue weighted by Crippen LogP contribution is 2.44. The highest BCUT2D eigenvalue weighted by Gasteiger charge is 2.40. The van der Waals surface area contributed by atoms with Crippen LogP contribution in [0.15, 0.2) is 66.7 Å². The highest BCUT2D eigenvalue weighted by molar-refractivity contribution is 5.85. The van der Waals surface area contributed by atoms with E-state index in [1.54, 1.807) is 13.2 Å². The largest absolute Gasteiger partial charge is 0.497 e. The predicted octanol–water partition coefficient (Wildman–Crippen LogP) is 6.63. The van der Waals surface area contributed by atoms with Gasteiger partial charge in [0.1, 0.15) is 5.75 Å². The number of hydrogen-bond donors (Lipinski definition) is 1. The lowest BCUT2D eigenvalue weighted by molar-refractivity contribution is -0.131. The van der Waals surface area contributed by atoms with Crippen LogP contribution < -0.4 is 9.64 Å². The summed E-state index contributed by atoms with van der Waals surface area (Å²) in [5.74, 6) is 0.552. The van der Waals surface area contributed by atoms with Gasteiger partial charge in [-0.05, 0) is 96.3 Å². The molecule has 3 aromatic rings. The minimum absolute atomic E-state index is 0.388. The molecule has 0 fully saturated rings. The zero-order valence-electron chi connectivity index (χ0n) is 21.3. The van der Waals surface area contributed by atoms with Gasteiger partial charge in [0.2, 0.25) is 0 Å². The molecular formula is C31H35NO3. The molecule has 182 valence electrons. The number of carboxylic acid groups (broad SMARTS) is 1. The highest BCUT2D eigenvalue weighted by atomic mass is 16.5. The van der Waals surface area contributed by atoms with E-state index in [1.807, 2.05) is 18.2 Å². The van der Waals surface area contributed by atoms with Crippen LogP contribution in [0, 0.1) is 12.8 Å². The van der Waals surface area contributed by atoms with Crippen molar-refractivity contribution in [1.82, 2.24) is 0 Å². The normalized spacial score (nSPS) is 17.6. The van der Waals surface area contributed by atoms with Gasteiger partial charge < -0.3 is 14.7 Å². The topological polar surface area (TPSA) is 49.8 Å². The average Bonchev–Trinajstić information content (AvgIpc) is 2.84. The fourth-order valence-corrected chi connectivity index (χ4v) is 5.28. The summed E-state index contributed by atoms with van der Waals surface area (Å²) in [6.07, 6.45) is 4.82. The number of benzene rings is 3. The summed E-state index contributed by atoms with van der Waals surface area (Å²) in [5.41, 5.74) is 8.16. The summed E-state index contributed by atoms with van der Waals surface area (Å²) < 4.78 is 5.52. The molecule has 4 rings (SSSR count). The van der Waals surface area contributed by atoms with Gasteiger partial charge in [0, 0.05) is 18.3 Å². The number of carbonyl (C=O) groups is 1. The molecule has 0 spiro atoms. The molecule has 0 radical (unpaired) electrons. The molecule has 4 nitrogen and oxygen atoms in total. The maximum Gasteiger partial charge on any atom is 0.328 e. The van der Waals surface area contributed by atoms with Crippen LogP contribution in [0.4, 0.5) is 5.69 Å². The quantitative estimate of drug-likeness (QED) is 0.395. The Labute approximate surface area is 208 Å². The van der Waals surface area contributed by atoms with Gasteiger partial charge in [0.15, 0.2) is 0 Å². The first-order valence-corrected chi connectivity index (χ1v) is 12.3. The summed E-state index contributed by atoms with van der Waals surface area (Å²) >= 11 is 0. The van der Waals surface area contributed by atoms with E-state index in [0.717, 1.165) is 30.7 Å². The molecule has 0 saturated heterocycles. The lowest BCUT2D eigenvalue weighted by Gasteiger charge is -2.48. The third-order valence-corrected chi connectivity index (χ3v) is 7.14. The van der Waals surface area contributed by atoms with Gasteiger partial charge in [0.05, 0.1) is 12.6 Å². The van der Waals surface area contributed by atoms with Crippen molar-refractivity contribution in [3.8, 4) is 5.75 Å². The number of fused-ring (bicyclic) bond motifs is 1. The molecule has 1 aliphatic heterocycles. The minimum Gasteiger partial charge on any atom is -0.497 e. The fourth-order valence-electron chi connectivity index (χ4n) is 5.28. The Hall–Kier alpha value is -3.53. The van der Waals surface area contributed by atoms with Crippen LogP contribution in [0.5, 0.6) is 5.75 Å². The third-order valence-electron chi connectivity index (χ3n) is 7.14. The van der Waals surface area contributed by atoms with E-state index in [2.05, 4.69) is 75.1 Å². The number of aryl methyl sites for hydroxylation is 1. The number of rotatable bonds is 7. The Balaban J connectivity index is 1.82. The molecule has 3 aromatic carbocycles. The minimum atomic E-state index is -0.946. The van der Waals surface area contributed by atoms with Gasteiger partial charge in [-0.15, -0.1) is 0 Å². The van der Waals surface area contributed by atoms with Crippen molar-refractivity contribution in [3.05, 3.63) is 100 Å². The van der Waals surface area contributed by atoms with Crippen molar-refractivity contribution in [3.63, 3.8) is 0 Å². The van der Waals surface area contributed by atoms with Gasteiger partial charge in [-0.1, -0.05) is 50.2 Å². The first kappa shape index (κ1) is 24.6. The summed E-state index contributed by atoms with van der Waals surface area (Å²) in [5, 5.41) is 8.97. The van der Waals surface area contributed by atoms with E-state index in [9.17, 15) is 4.79 Å². The SMILES string of the molecule is COc1ccc2c(c1)CCN(c1ccc(CC(C)C)c(C)c1)C2(C)c1ccc(/C=C/C(=O)O)cc1. The van der Waals surface area contributed by atoms with Crippen LogP contribution in [0.3, 0.4) is 0 Å². The number of methoxy groups -OCH3 is 1. The molecule has 1 N–H and O–H groups in total. The van der Waals surface area contributed by atoms with E-state index >= 15 is 0 Å². The van der Waals surface area contributed by atoms with Crippen LogP contribution >= 0.6 is 0 Å². The summed E-state index contributed by atoms with van der Waals surface area (Å²) in [6, 6.07) is 21.5. The smallest absolute Gasteiger partial charge is 0.328 e. The summed E-state index contributed by atoms with van der Waals surface area (Å²) in [6.45, 7) is 9.91. The Morgan fingerprint density at radius 2 is 1.86 bits per heavy atom. The molecule has 1 heterocycles. The van der Waals surface area contributed by atoms with Crippen LogP contribution in [-0.4, -0.2) is 24.7 Å². The summed E-state index contributed by atoms with van der Waals surface area (Å²) in [7, 11) is 1.71. The number of carboxylic acids is 1. The monoisotopic (exact) mass is 469 g/mol. The van der Waals surface area contributed by atoms with Crippen molar-refractivity contribution in [2.45, 2.75) is 46.1 Å². The maximum atomic E-state index is 10.9. The molecular weight excluding hydrogens is 434 g/mol. The molecule has 4 heteroatoms. The van der Waals surface area contributed by atoms with Crippen LogP contribution in [-0.2, 0) is 23.2 Å². The van der Waals surface area contributed by atoms with Crippen LogP contribution in [0.1, 0.15) is 54.2 Å². The Morgan fingerprint density at radius 3 is 2.49 bits per heavy atom. The van der Waals surface area contributed by atoms with Crippen molar-refractivity contribution < 1.29 is 14.6 Å². The second-order valence-corrected chi connectivity index (χ2v) is 10.00. The molecule has 0 amide bonds. The van der Waals surface area contributed by atoms with E-state index in [4.69, 9.17) is 9.84 Å². The molecule has 1 aliphatic rings. The summed E-state index contributed by atoms with van der Waals surface area (Å²) in [4.78, 5) is 13.4. The third kappa shape index (κ3) is 4.97. The maximum absolute atomic E-state index is 10.9. The fraction of sp³-hybridized carbons (Fsp3) is 0.323. The lowest BCUT2D eigenvalue weighted by Crippen LogP contribution is -2.49. The average molecular weight is 470 g/mol. The van der Waals surface area contributed by atoms with Crippen molar-refractivity contribution >= 4 is 17.7 Å². The number of nitrogens with zero attached hydrogens (tertiary/aromatic N) is 1. The van der Waals surface area contributed by atoms with Crippen LogP contribution in [0.2, 0.25) is 0 Å². The van der Waals surface area contributed by atoms with Crippen molar-refractivity contribution in [2.24, 2.45) is 5.92 Å². The van der Waals surface area contributed by atoms with Gasteiger partial charge in [0.25, 0.3) is 0 Å². The standard InChI is InChI=1S/C31H35NO3/c1-21(2)18-24-9-12-27(19-22(24)3)32-17-16-25-20-28(35-5)13-14-29(25)31(32,4)26-10-6-23(7-11-26)8-15-30(33)34/h6-15,19-21H,16-18H2,1-5H3,(H,33,34)/b15-8+. The molecule has 0 aromatic heterocycles. The number of aliphatic carboxylic acids is 1. The molecule has 0 bridgehead atoms. The van der Waals surface area contributed by atoms with E-state index in [0.29, 0.717) is 5.92 Å². The number of anilines is 1. The Bertz CT molecular complexity index is 1240. The van der Waals surface area contributed by atoms with Gasteiger partial charge in [-0.25, -0.2) is 4.79 Å². The number of hydrogen-bond acceptors (Lipinski definition) is 3. The molecule has 1 atom stereocenters. The second-order valence-electron chi connectivity index (χ2n) is 10.00. The molecule has 1 unspecified atom stereocenters. The van der Waals surface area contributed by atoms with E-state index in [1.165, 1.54) is 39.6 Å². The van der Waals surface area contributed by atoms with Gasteiger partial charge >= 0.3 is 5.97 Å². The first-order chi connectivity index (χ1) is 16.7. The molecule has 0 saturated carbocycles. The van der Waals surface area contributed by atoms with Gasteiger partial charge in [-0.2, -0.15) is 0 Å². The lowest BCUT2D eigenvalue weighted by atomic mass is 9.76. The Morgan fingerprint density at radius 1 is 1.11 bits per heavy atom. The Kier molecular flexibility index (Phi) is 7.02. The van der Waals surface area contributed by atoms with E-state index < -0.39 is 5.97 Å². The zero-order chi connectivity index (χ0) is 25.2. The first-order valence-electron chi connectivity index (χ1n) is 12.3. The zero-order valence-corrected chi connectivity index (χ0v) is 21.3. The molecule has 0 aliphatic carbocycles.